The van der Waals surface area contributed by atoms with Crippen LogP contribution in [-0.2, 0) is 16.1 Å². The maximum absolute atomic E-state index is 13.3. The molecule has 0 spiro atoms. The van der Waals surface area contributed by atoms with E-state index in [1.165, 1.54) is 0 Å². The normalized spacial score (nSPS) is 19.0. The van der Waals surface area contributed by atoms with Gasteiger partial charge in [-0.2, -0.15) is 0 Å². The number of nitrogens with zero attached hydrogens (tertiary/aromatic N) is 2. The molecule has 2 aliphatic rings. The molecule has 6 heteroatoms. The van der Waals surface area contributed by atoms with Crippen molar-refractivity contribution in [1.82, 2.24) is 4.90 Å². The van der Waals surface area contributed by atoms with E-state index in [-0.39, 0.29) is 30.2 Å². The first kappa shape index (κ1) is 18.8. The number of benzene rings is 2. The van der Waals surface area contributed by atoms with Gasteiger partial charge in [-0.3, -0.25) is 9.59 Å². The van der Waals surface area contributed by atoms with E-state index in [0.29, 0.717) is 23.8 Å². The molecule has 1 saturated heterocycles. The number of ether oxygens (including phenoxy) is 1. The Morgan fingerprint density at radius 1 is 1.18 bits per heavy atom. The van der Waals surface area contributed by atoms with E-state index in [4.69, 9.17) is 16.3 Å². The van der Waals surface area contributed by atoms with Crippen LogP contribution in [0.5, 0.6) is 5.75 Å². The third-order valence-electron chi connectivity index (χ3n) is 5.40. The number of carbonyl (C=O) groups excluding carboxylic acids is 2. The molecule has 2 aromatic rings. The first-order valence-electron chi connectivity index (χ1n) is 9.55. The second-order valence-corrected chi connectivity index (χ2v) is 7.81. The van der Waals surface area contributed by atoms with Gasteiger partial charge >= 0.3 is 0 Å². The Hall–Kier alpha value is -2.53. The highest BCUT2D eigenvalue weighted by atomic mass is 35.5. The lowest BCUT2D eigenvalue weighted by molar-refractivity contribution is -0.137. The van der Waals surface area contributed by atoms with E-state index in [1.54, 1.807) is 18.1 Å². The maximum atomic E-state index is 13.3. The van der Waals surface area contributed by atoms with E-state index in [0.717, 1.165) is 24.2 Å². The SMILES string of the molecule is COc1ccc(CN(C(=O)C2CC(=O)N(c3ccccc3Cl)C2)C2CC2)cc1. The van der Waals surface area contributed by atoms with Crippen molar-refractivity contribution in [3.63, 3.8) is 0 Å². The van der Waals surface area contributed by atoms with Crippen molar-refractivity contribution >= 4 is 29.1 Å². The molecule has 1 aliphatic carbocycles. The van der Waals surface area contributed by atoms with Crippen LogP contribution in [0.15, 0.2) is 48.5 Å². The fourth-order valence-electron chi connectivity index (χ4n) is 3.71. The van der Waals surface area contributed by atoms with Gasteiger partial charge < -0.3 is 14.5 Å². The summed E-state index contributed by atoms with van der Waals surface area (Å²) in [4.78, 5) is 29.4. The van der Waals surface area contributed by atoms with Gasteiger partial charge in [0, 0.05) is 25.6 Å². The molecule has 2 aromatic carbocycles. The van der Waals surface area contributed by atoms with Crippen molar-refractivity contribution in [2.24, 2.45) is 5.92 Å². The van der Waals surface area contributed by atoms with Crippen LogP contribution in [-0.4, -0.2) is 36.4 Å². The van der Waals surface area contributed by atoms with Crippen molar-refractivity contribution in [3.8, 4) is 5.75 Å². The Morgan fingerprint density at radius 3 is 2.54 bits per heavy atom. The van der Waals surface area contributed by atoms with Gasteiger partial charge in [-0.05, 0) is 42.7 Å². The molecule has 2 fully saturated rings. The quantitative estimate of drug-likeness (QED) is 0.741. The van der Waals surface area contributed by atoms with Gasteiger partial charge in [-0.25, -0.2) is 0 Å². The van der Waals surface area contributed by atoms with Gasteiger partial charge in [0.2, 0.25) is 11.8 Å². The van der Waals surface area contributed by atoms with Gasteiger partial charge in [-0.15, -0.1) is 0 Å². The first-order valence-corrected chi connectivity index (χ1v) is 9.93. The molecule has 0 N–H and O–H groups in total. The summed E-state index contributed by atoms with van der Waals surface area (Å²) >= 11 is 6.25. The Morgan fingerprint density at radius 2 is 1.89 bits per heavy atom. The van der Waals surface area contributed by atoms with Gasteiger partial charge in [-0.1, -0.05) is 35.9 Å². The molecule has 1 atom stereocenters. The van der Waals surface area contributed by atoms with Crippen LogP contribution in [0.2, 0.25) is 5.02 Å². The predicted octanol–water partition coefficient (Wildman–Crippen LogP) is 3.89. The molecule has 4 rings (SSSR count). The van der Waals surface area contributed by atoms with Crippen LogP contribution in [0.3, 0.4) is 0 Å². The molecule has 5 nitrogen and oxygen atoms in total. The largest absolute Gasteiger partial charge is 0.497 e. The zero-order valence-corrected chi connectivity index (χ0v) is 16.6. The lowest BCUT2D eigenvalue weighted by Gasteiger charge is -2.26. The fourth-order valence-corrected chi connectivity index (χ4v) is 3.95. The number of carbonyl (C=O) groups is 2. The Kier molecular flexibility index (Phi) is 5.27. The van der Waals surface area contributed by atoms with Crippen molar-refractivity contribution < 1.29 is 14.3 Å². The fraction of sp³-hybridized carbons (Fsp3) is 0.364. The van der Waals surface area contributed by atoms with Crippen LogP contribution < -0.4 is 9.64 Å². The maximum Gasteiger partial charge on any atom is 0.228 e. The first-order chi connectivity index (χ1) is 13.6. The molecular formula is C22H23ClN2O3. The van der Waals surface area contributed by atoms with E-state index in [2.05, 4.69) is 0 Å². The highest BCUT2D eigenvalue weighted by molar-refractivity contribution is 6.33. The molecule has 1 saturated carbocycles. The third-order valence-corrected chi connectivity index (χ3v) is 5.72. The molecule has 1 heterocycles. The van der Waals surface area contributed by atoms with E-state index >= 15 is 0 Å². The molecule has 146 valence electrons. The van der Waals surface area contributed by atoms with Crippen LogP contribution >= 0.6 is 11.6 Å². The second-order valence-electron chi connectivity index (χ2n) is 7.40. The highest BCUT2D eigenvalue weighted by Gasteiger charge is 2.41. The summed E-state index contributed by atoms with van der Waals surface area (Å²) in [6.07, 6.45) is 2.28. The summed E-state index contributed by atoms with van der Waals surface area (Å²) in [7, 11) is 1.64. The molecular weight excluding hydrogens is 376 g/mol. The molecule has 28 heavy (non-hydrogen) atoms. The minimum Gasteiger partial charge on any atom is -0.497 e. The molecule has 2 amide bonds. The number of para-hydroxylation sites is 1. The van der Waals surface area contributed by atoms with E-state index in [1.807, 2.05) is 47.4 Å². The molecule has 1 aliphatic heterocycles. The summed E-state index contributed by atoms with van der Waals surface area (Å²) in [5.74, 6) is 0.473. The van der Waals surface area contributed by atoms with E-state index in [9.17, 15) is 9.59 Å². The smallest absolute Gasteiger partial charge is 0.228 e. The van der Waals surface area contributed by atoms with Gasteiger partial charge in [0.15, 0.2) is 0 Å². The summed E-state index contributed by atoms with van der Waals surface area (Å²) in [6, 6.07) is 15.3. The monoisotopic (exact) mass is 398 g/mol. The average Bonchev–Trinajstić information content (AvgIpc) is 3.48. The van der Waals surface area contributed by atoms with E-state index < -0.39 is 0 Å². The van der Waals surface area contributed by atoms with Crippen molar-refractivity contribution in [3.05, 3.63) is 59.1 Å². The zero-order chi connectivity index (χ0) is 19.7. The minimum atomic E-state index is -0.331. The number of anilines is 1. The summed E-state index contributed by atoms with van der Waals surface area (Å²) in [6.45, 7) is 0.942. The average molecular weight is 399 g/mol. The molecule has 0 radical (unpaired) electrons. The lowest BCUT2D eigenvalue weighted by Crippen LogP contribution is -2.38. The van der Waals surface area contributed by atoms with Gasteiger partial charge in [0.05, 0.1) is 23.7 Å². The summed E-state index contributed by atoms with van der Waals surface area (Å²) in [5, 5.41) is 0.529. The highest BCUT2D eigenvalue weighted by Crippen LogP contribution is 2.35. The number of amides is 2. The molecule has 0 aromatic heterocycles. The number of rotatable bonds is 6. The third kappa shape index (κ3) is 3.85. The van der Waals surface area contributed by atoms with Crippen molar-refractivity contribution in [2.75, 3.05) is 18.6 Å². The van der Waals surface area contributed by atoms with Crippen LogP contribution in [0, 0.1) is 5.92 Å². The molecule has 1 unspecified atom stereocenters. The topological polar surface area (TPSA) is 49.9 Å². The number of hydrogen-bond acceptors (Lipinski definition) is 3. The summed E-state index contributed by atoms with van der Waals surface area (Å²) in [5.41, 5.74) is 1.74. The van der Waals surface area contributed by atoms with Crippen LogP contribution in [0.1, 0.15) is 24.8 Å². The Bertz CT molecular complexity index is 880. The Balaban J connectivity index is 1.48. The zero-order valence-electron chi connectivity index (χ0n) is 15.8. The second kappa shape index (κ2) is 7.84. The van der Waals surface area contributed by atoms with Crippen molar-refractivity contribution in [1.29, 1.82) is 0 Å². The standard InChI is InChI=1S/C22H23ClN2O3/c1-28-18-10-6-15(7-11-18)13-24(17-8-9-17)22(27)16-12-21(26)25(14-16)20-5-3-2-4-19(20)23/h2-7,10-11,16-17H,8-9,12-14H2,1H3. The minimum absolute atomic E-state index is 0.0494. The van der Waals surface area contributed by atoms with Crippen molar-refractivity contribution in [2.45, 2.75) is 31.8 Å². The molecule has 0 bridgehead atoms. The lowest BCUT2D eigenvalue weighted by atomic mass is 10.1. The van der Waals surface area contributed by atoms with Gasteiger partial charge in [0.1, 0.15) is 5.75 Å². The van der Waals surface area contributed by atoms with Gasteiger partial charge in [0.25, 0.3) is 0 Å². The number of halogens is 1. The van der Waals surface area contributed by atoms with Crippen LogP contribution in [0.4, 0.5) is 5.69 Å². The van der Waals surface area contributed by atoms with Crippen LogP contribution in [0.25, 0.3) is 0 Å². The predicted molar refractivity (Wildman–Crippen MR) is 108 cm³/mol. The Labute approximate surface area is 169 Å². The number of methoxy groups -OCH3 is 1. The summed E-state index contributed by atoms with van der Waals surface area (Å²) < 4.78 is 5.20. The number of hydrogen-bond donors (Lipinski definition) is 0.